The van der Waals surface area contributed by atoms with Crippen molar-refractivity contribution in [2.45, 2.75) is 98.8 Å². The van der Waals surface area contributed by atoms with Crippen LogP contribution in [0.1, 0.15) is 98.8 Å². The Hall–Kier alpha value is -1.00. The highest BCUT2D eigenvalue weighted by molar-refractivity contribution is 5.37. The van der Waals surface area contributed by atoms with E-state index in [1.807, 2.05) is 0 Å². The second kappa shape index (κ2) is 7.36. The van der Waals surface area contributed by atoms with Crippen molar-refractivity contribution < 1.29 is 0 Å². The summed E-state index contributed by atoms with van der Waals surface area (Å²) >= 11 is 0. The molecule has 0 aliphatic heterocycles. The molecule has 0 aromatic carbocycles. The molecule has 6 atom stereocenters. The summed E-state index contributed by atoms with van der Waals surface area (Å²) in [5, 5.41) is 0. The second-order valence-electron chi connectivity index (χ2n) is 11.5. The van der Waals surface area contributed by atoms with Gasteiger partial charge in [0.2, 0.25) is 0 Å². The lowest BCUT2D eigenvalue weighted by atomic mass is 9.42. The van der Waals surface area contributed by atoms with Gasteiger partial charge in [-0.15, -0.1) is 5.73 Å². The molecule has 0 spiro atoms. The quantitative estimate of drug-likeness (QED) is 0.432. The van der Waals surface area contributed by atoms with Crippen LogP contribution >= 0.6 is 0 Å². The van der Waals surface area contributed by atoms with Gasteiger partial charge < -0.3 is 0 Å². The zero-order valence-electron chi connectivity index (χ0n) is 19.1. The first-order chi connectivity index (χ1) is 13.3. The van der Waals surface area contributed by atoms with Crippen molar-refractivity contribution in [1.29, 1.82) is 0 Å². The third-order valence-corrected chi connectivity index (χ3v) is 9.43. The predicted octanol–water partition coefficient (Wildman–Crippen LogP) is 8.41. The van der Waals surface area contributed by atoms with Gasteiger partial charge in [-0.05, 0) is 97.0 Å². The van der Waals surface area contributed by atoms with Gasteiger partial charge >= 0.3 is 0 Å². The SMILES string of the molecule is CCCC=CC1=C=CC=C2[C@@](C)(CCC3[C@@H]4C[C@@H](C)CCC4(C)CC[C@]23C)C1. The number of fused-ring (bicyclic) bond motifs is 5. The molecule has 0 heterocycles. The first-order valence-corrected chi connectivity index (χ1v) is 12.1. The molecule has 0 N–H and O–H groups in total. The van der Waals surface area contributed by atoms with Gasteiger partial charge in [-0.2, -0.15) is 0 Å². The van der Waals surface area contributed by atoms with E-state index in [1.54, 1.807) is 5.57 Å². The molecular weight excluding hydrogens is 336 g/mol. The molecule has 0 aromatic heterocycles. The Balaban J connectivity index is 1.66. The van der Waals surface area contributed by atoms with E-state index in [0.29, 0.717) is 16.2 Å². The van der Waals surface area contributed by atoms with Gasteiger partial charge in [0.05, 0.1) is 0 Å². The second-order valence-corrected chi connectivity index (χ2v) is 11.5. The summed E-state index contributed by atoms with van der Waals surface area (Å²) in [7, 11) is 0. The molecule has 0 heteroatoms. The zero-order valence-corrected chi connectivity index (χ0v) is 19.1. The smallest absolute Gasteiger partial charge is 0.00549 e. The van der Waals surface area contributed by atoms with Crippen LogP contribution in [0.4, 0.5) is 0 Å². The molecule has 154 valence electrons. The third kappa shape index (κ3) is 3.31. The topological polar surface area (TPSA) is 0 Å². The van der Waals surface area contributed by atoms with Crippen molar-refractivity contribution in [3.63, 3.8) is 0 Å². The van der Waals surface area contributed by atoms with Crippen LogP contribution in [0.15, 0.2) is 41.2 Å². The van der Waals surface area contributed by atoms with Crippen LogP contribution in [-0.2, 0) is 0 Å². The van der Waals surface area contributed by atoms with Crippen LogP contribution in [0.5, 0.6) is 0 Å². The Labute approximate surface area is 174 Å². The normalized spacial score (nSPS) is 45.5. The Morgan fingerprint density at radius 2 is 1.89 bits per heavy atom. The maximum atomic E-state index is 3.63. The maximum Gasteiger partial charge on any atom is -0.00549 e. The lowest BCUT2D eigenvalue weighted by Crippen LogP contribution is -2.54. The summed E-state index contributed by atoms with van der Waals surface area (Å²) in [6.07, 6.45) is 23.1. The third-order valence-electron chi connectivity index (χ3n) is 9.43. The number of allylic oxidation sites excluding steroid dienone is 5. The molecular formula is C28H42. The highest BCUT2D eigenvalue weighted by atomic mass is 14.6. The number of hydrogen-bond donors (Lipinski definition) is 0. The first kappa shape index (κ1) is 20.3. The Kier molecular flexibility index (Phi) is 5.33. The molecule has 0 aromatic rings. The Morgan fingerprint density at radius 1 is 1.07 bits per heavy atom. The summed E-state index contributed by atoms with van der Waals surface area (Å²) in [5.74, 6) is 2.75. The zero-order chi connectivity index (χ0) is 20.0. The van der Waals surface area contributed by atoms with Crippen molar-refractivity contribution >= 4 is 0 Å². The minimum atomic E-state index is 0.325. The van der Waals surface area contributed by atoms with Gasteiger partial charge in [-0.25, -0.2) is 0 Å². The largest absolute Gasteiger partial charge is 0.117 e. The van der Waals surface area contributed by atoms with Crippen LogP contribution < -0.4 is 0 Å². The van der Waals surface area contributed by atoms with Crippen molar-refractivity contribution in [2.24, 2.45) is 34.0 Å². The number of rotatable bonds is 3. The van der Waals surface area contributed by atoms with Crippen molar-refractivity contribution in [3.8, 4) is 0 Å². The lowest BCUT2D eigenvalue weighted by Gasteiger charge is -2.63. The van der Waals surface area contributed by atoms with Gasteiger partial charge in [0, 0.05) is 0 Å². The van der Waals surface area contributed by atoms with Gasteiger partial charge in [0.1, 0.15) is 0 Å². The lowest BCUT2D eigenvalue weighted by molar-refractivity contribution is -0.0869. The average Bonchev–Trinajstić information content (AvgIpc) is 2.82. The molecule has 4 aliphatic carbocycles. The minimum Gasteiger partial charge on any atom is -0.117 e. The van der Waals surface area contributed by atoms with Gasteiger partial charge in [-0.3, -0.25) is 0 Å². The van der Waals surface area contributed by atoms with Crippen molar-refractivity contribution in [3.05, 3.63) is 41.2 Å². The van der Waals surface area contributed by atoms with Crippen LogP contribution in [0.25, 0.3) is 0 Å². The van der Waals surface area contributed by atoms with Crippen molar-refractivity contribution in [1.82, 2.24) is 0 Å². The highest BCUT2D eigenvalue weighted by Gasteiger charge is 2.58. The number of unbranched alkanes of at least 4 members (excludes halogenated alkanes) is 1. The van der Waals surface area contributed by atoms with Gasteiger partial charge in [0.25, 0.3) is 0 Å². The summed E-state index contributed by atoms with van der Waals surface area (Å²) < 4.78 is 0. The first-order valence-electron chi connectivity index (χ1n) is 12.1. The molecule has 0 amide bonds. The molecule has 3 fully saturated rings. The standard InChI is InChI=1S/C28H42/c1-6-7-8-10-22-11-9-12-25-27(4,20-22)16-14-23-24-19-21(2)13-15-26(24,3)17-18-28(23,25)5/h8-10,12,21,23-24H,6-7,13-20H2,1-5H3/t21-,23?,24-,26?,27-,28-/m0/s1. The van der Waals surface area contributed by atoms with E-state index >= 15 is 0 Å². The minimum absolute atomic E-state index is 0.325. The van der Waals surface area contributed by atoms with E-state index in [9.17, 15) is 0 Å². The predicted molar refractivity (Wildman–Crippen MR) is 121 cm³/mol. The Morgan fingerprint density at radius 3 is 2.68 bits per heavy atom. The van der Waals surface area contributed by atoms with E-state index in [1.165, 1.54) is 69.8 Å². The highest BCUT2D eigenvalue weighted by Crippen LogP contribution is 2.68. The maximum absolute atomic E-state index is 3.63. The van der Waals surface area contributed by atoms with E-state index in [0.717, 1.165) is 17.8 Å². The fraction of sp³-hybridized carbons (Fsp3) is 0.750. The van der Waals surface area contributed by atoms with E-state index < -0.39 is 0 Å². The van der Waals surface area contributed by atoms with Crippen LogP contribution in [-0.4, -0.2) is 0 Å². The van der Waals surface area contributed by atoms with E-state index in [2.05, 4.69) is 64.7 Å². The fourth-order valence-corrected chi connectivity index (χ4v) is 7.66. The molecule has 4 aliphatic rings. The monoisotopic (exact) mass is 378 g/mol. The summed E-state index contributed by atoms with van der Waals surface area (Å²) in [4.78, 5) is 0. The van der Waals surface area contributed by atoms with Crippen LogP contribution in [0.2, 0.25) is 0 Å². The molecule has 0 bridgehead atoms. The van der Waals surface area contributed by atoms with Gasteiger partial charge in [0.15, 0.2) is 0 Å². The number of hydrogen-bond acceptors (Lipinski definition) is 0. The molecule has 3 saturated carbocycles. The van der Waals surface area contributed by atoms with E-state index in [-0.39, 0.29) is 0 Å². The summed E-state index contributed by atoms with van der Waals surface area (Å²) in [5.41, 5.74) is 8.15. The molecule has 0 nitrogen and oxygen atoms in total. The average molecular weight is 379 g/mol. The summed E-state index contributed by atoms with van der Waals surface area (Å²) in [6.45, 7) is 12.6. The van der Waals surface area contributed by atoms with E-state index in [4.69, 9.17) is 0 Å². The van der Waals surface area contributed by atoms with Gasteiger partial charge in [-0.1, -0.05) is 71.3 Å². The van der Waals surface area contributed by atoms with Crippen LogP contribution in [0, 0.1) is 34.0 Å². The molecule has 0 saturated heterocycles. The molecule has 2 unspecified atom stereocenters. The fourth-order valence-electron chi connectivity index (χ4n) is 7.66. The molecule has 0 radical (unpaired) electrons. The molecule has 28 heavy (non-hydrogen) atoms. The summed E-state index contributed by atoms with van der Waals surface area (Å²) in [6, 6.07) is 0. The molecule has 4 rings (SSSR count). The van der Waals surface area contributed by atoms with Crippen molar-refractivity contribution in [2.75, 3.05) is 0 Å². The Bertz CT molecular complexity index is 729. The van der Waals surface area contributed by atoms with Crippen LogP contribution in [0.3, 0.4) is 0 Å².